The number of carbonyl (C=O) groups is 1. The fourth-order valence-corrected chi connectivity index (χ4v) is 9.47. The first-order chi connectivity index (χ1) is 31.9. The molecule has 0 aromatic carbocycles. The zero-order chi connectivity index (χ0) is 47.3. The van der Waals surface area contributed by atoms with Crippen LogP contribution in [0, 0.1) is 0 Å². The van der Waals surface area contributed by atoms with Gasteiger partial charge in [0.15, 0.2) is 0 Å². The van der Waals surface area contributed by atoms with Gasteiger partial charge in [0.05, 0.1) is 19.8 Å². The summed E-state index contributed by atoms with van der Waals surface area (Å²) in [4.78, 5) is 22.6. The number of hydrogen-bond donors (Lipinski definition) is 2. The summed E-state index contributed by atoms with van der Waals surface area (Å²) in [5.41, 5.74) is 5.40. The average molecular weight is 942 g/mol. The Hall–Kier alpha value is -0.760. The second-order valence-electron chi connectivity index (χ2n) is 19.5. The Morgan fingerprint density at radius 2 is 0.769 bits per heavy atom. The van der Waals surface area contributed by atoms with Gasteiger partial charge in [0.1, 0.15) is 6.10 Å². The molecule has 0 saturated carbocycles. The quantitative estimate of drug-likeness (QED) is 0.0268. The van der Waals surface area contributed by atoms with Crippen molar-refractivity contribution >= 4 is 13.8 Å². The van der Waals surface area contributed by atoms with Crippen LogP contribution in [-0.2, 0) is 27.9 Å². The maximum absolute atomic E-state index is 12.7. The lowest BCUT2D eigenvalue weighted by Crippen LogP contribution is -2.28. The van der Waals surface area contributed by atoms with Crippen LogP contribution in [0.4, 0.5) is 0 Å². The molecule has 0 bridgehead atoms. The lowest BCUT2D eigenvalue weighted by molar-refractivity contribution is -0.154. The van der Waals surface area contributed by atoms with Gasteiger partial charge in [-0.15, -0.1) is 0 Å². The molecule has 0 rings (SSSR count). The SMILES string of the molecule is CCCCCCCCCC/C=C\CCCCCCCCCCCCCCCCOCC(COP(=O)(O)OCCN)OC(=O)CCCCCCCCCCCCCCCCCCCCCC. The van der Waals surface area contributed by atoms with E-state index in [1.807, 2.05) is 0 Å². The minimum atomic E-state index is -4.28. The molecular weight excluding hydrogens is 830 g/mol. The number of phosphoric acid groups is 1. The number of allylic oxidation sites excluding steroid dienone is 2. The Labute approximate surface area is 404 Å². The van der Waals surface area contributed by atoms with Gasteiger partial charge < -0.3 is 20.1 Å². The van der Waals surface area contributed by atoms with E-state index in [9.17, 15) is 14.3 Å². The molecule has 0 heterocycles. The Morgan fingerprint density at radius 1 is 0.446 bits per heavy atom. The fraction of sp³-hybridized carbons (Fsp3) is 0.946. The molecule has 2 unspecified atom stereocenters. The number of ether oxygens (including phenoxy) is 2. The van der Waals surface area contributed by atoms with Gasteiger partial charge in [-0.25, -0.2) is 4.57 Å². The van der Waals surface area contributed by atoms with Crippen LogP contribution in [0.25, 0.3) is 0 Å². The van der Waals surface area contributed by atoms with Crippen molar-refractivity contribution in [1.29, 1.82) is 0 Å². The zero-order valence-electron chi connectivity index (χ0n) is 43.5. The molecule has 0 aliphatic rings. The van der Waals surface area contributed by atoms with Gasteiger partial charge in [-0.05, 0) is 38.5 Å². The van der Waals surface area contributed by atoms with E-state index >= 15 is 0 Å². The van der Waals surface area contributed by atoms with Crippen LogP contribution in [-0.4, -0.2) is 49.9 Å². The van der Waals surface area contributed by atoms with E-state index in [-0.39, 0.29) is 32.3 Å². The molecule has 0 radical (unpaired) electrons. The first-order valence-corrected chi connectivity index (χ1v) is 30.2. The summed E-state index contributed by atoms with van der Waals surface area (Å²) in [6.07, 6.45) is 62.7. The fourth-order valence-electron chi connectivity index (χ4n) is 8.70. The number of nitrogens with two attached hydrogens (primary N) is 1. The molecule has 65 heavy (non-hydrogen) atoms. The van der Waals surface area contributed by atoms with Crippen LogP contribution in [0.5, 0.6) is 0 Å². The Kier molecular flexibility index (Phi) is 53.6. The molecule has 0 saturated heterocycles. The van der Waals surface area contributed by atoms with Gasteiger partial charge in [-0.1, -0.05) is 270 Å². The first kappa shape index (κ1) is 64.2. The summed E-state index contributed by atoms with van der Waals surface area (Å²) in [7, 11) is -4.28. The highest BCUT2D eigenvalue weighted by molar-refractivity contribution is 7.47. The number of unbranched alkanes of at least 4 members (excludes halogenated alkanes) is 41. The van der Waals surface area contributed by atoms with Crippen molar-refractivity contribution in [2.24, 2.45) is 5.73 Å². The van der Waals surface area contributed by atoms with Gasteiger partial charge in [0, 0.05) is 19.6 Å². The van der Waals surface area contributed by atoms with Gasteiger partial charge in [0.2, 0.25) is 0 Å². The van der Waals surface area contributed by atoms with Crippen molar-refractivity contribution < 1.29 is 32.8 Å². The summed E-state index contributed by atoms with van der Waals surface area (Å²) >= 11 is 0. The summed E-state index contributed by atoms with van der Waals surface area (Å²) in [5, 5.41) is 0. The van der Waals surface area contributed by atoms with Crippen molar-refractivity contribution in [3.8, 4) is 0 Å². The van der Waals surface area contributed by atoms with Crippen LogP contribution >= 0.6 is 7.82 Å². The predicted octanol–water partition coefficient (Wildman–Crippen LogP) is 18.2. The minimum absolute atomic E-state index is 0.0910. The summed E-state index contributed by atoms with van der Waals surface area (Å²) in [6.45, 7) is 5.01. The zero-order valence-corrected chi connectivity index (χ0v) is 44.4. The van der Waals surface area contributed by atoms with Crippen LogP contribution in [0.2, 0.25) is 0 Å². The summed E-state index contributed by atoms with van der Waals surface area (Å²) in [5.74, 6) is -0.321. The topological polar surface area (TPSA) is 117 Å². The standard InChI is InChI=1S/C56H112NO7P/c1-3-5-7-9-11-13-15-17-19-21-23-25-26-27-28-29-30-32-34-36-38-40-42-44-46-48-51-61-53-55(54-63-65(59,60)62-52-50-57)64-56(58)49-47-45-43-41-39-37-35-33-31-24-22-20-18-16-14-12-10-8-6-4-2/h21,23,55H,3-20,22,24-54,57H2,1-2H3,(H,59,60)/b23-21-. The second-order valence-corrected chi connectivity index (χ2v) is 21.0. The Morgan fingerprint density at radius 3 is 1.12 bits per heavy atom. The normalized spacial score (nSPS) is 13.2. The van der Waals surface area contributed by atoms with Crippen molar-refractivity contribution in [2.75, 3.05) is 33.0 Å². The number of rotatable bonds is 56. The van der Waals surface area contributed by atoms with E-state index < -0.39 is 13.9 Å². The molecule has 8 nitrogen and oxygen atoms in total. The predicted molar refractivity (Wildman–Crippen MR) is 280 cm³/mol. The van der Waals surface area contributed by atoms with Crippen LogP contribution in [0.3, 0.4) is 0 Å². The molecule has 3 N–H and O–H groups in total. The molecule has 0 spiro atoms. The third kappa shape index (κ3) is 54.1. The molecule has 0 aromatic rings. The monoisotopic (exact) mass is 942 g/mol. The third-order valence-corrected chi connectivity index (χ3v) is 13.9. The second kappa shape index (κ2) is 54.2. The smallest absolute Gasteiger partial charge is 0.457 e. The molecule has 0 aliphatic heterocycles. The van der Waals surface area contributed by atoms with E-state index in [2.05, 4.69) is 26.0 Å². The van der Waals surface area contributed by atoms with Gasteiger partial charge in [0.25, 0.3) is 0 Å². The molecule has 0 aliphatic carbocycles. The van der Waals surface area contributed by atoms with Crippen LogP contribution in [0.1, 0.15) is 303 Å². The van der Waals surface area contributed by atoms with E-state index in [1.54, 1.807) is 0 Å². The van der Waals surface area contributed by atoms with E-state index in [4.69, 9.17) is 24.3 Å². The van der Waals surface area contributed by atoms with Crippen LogP contribution < -0.4 is 5.73 Å². The molecule has 9 heteroatoms. The summed E-state index contributed by atoms with van der Waals surface area (Å²) in [6, 6.07) is 0. The average Bonchev–Trinajstić information content (AvgIpc) is 3.30. The minimum Gasteiger partial charge on any atom is -0.457 e. The van der Waals surface area contributed by atoms with Gasteiger partial charge in [-0.2, -0.15) is 0 Å². The number of hydrogen-bond acceptors (Lipinski definition) is 7. The molecule has 0 fully saturated rings. The van der Waals surface area contributed by atoms with E-state index in [0.717, 1.165) is 32.1 Å². The van der Waals surface area contributed by atoms with E-state index in [0.29, 0.717) is 13.0 Å². The lowest BCUT2D eigenvalue weighted by atomic mass is 10.0. The highest BCUT2D eigenvalue weighted by atomic mass is 31.2. The number of phosphoric ester groups is 1. The Balaban J connectivity index is 3.82. The maximum Gasteiger partial charge on any atom is 0.472 e. The van der Waals surface area contributed by atoms with Crippen LogP contribution in [0.15, 0.2) is 12.2 Å². The van der Waals surface area contributed by atoms with E-state index in [1.165, 1.54) is 250 Å². The highest BCUT2D eigenvalue weighted by Gasteiger charge is 2.25. The van der Waals surface area contributed by atoms with Gasteiger partial charge in [-0.3, -0.25) is 13.8 Å². The third-order valence-electron chi connectivity index (χ3n) is 12.9. The molecular formula is C56H112NO7P. The molecule has 0 aromatic heterocycles. The molecule has 0 amide bonds. The molecule has 388 valence electrons. The maximum atomic E-state index is 12.7. The number of carbonyl (C=O) groups excluding carboxylic acids is 1. The van der Waals surface area contributed by atoms with Crippen molar-refractivity contribution in [2.45, 2.75) is 309 Å². The van der Waals surface area contributed by atoms with Crippen molar-refractivity contribution in [1.82, 2.24) is 0 Å². The highest BCUT2D eigenvalue weighted by Crippen LogP contribution is 2.43. The van der Waals surface area contributed by atoms with Gasteiger partial charge >= 0.3 is 13.8 Å². The first-order valence-electron chi connectivity index (χ1n) is 28.7. The lowest BCUT2D eigenvalue weighted by Gasteiger charge is -2.20. The van der Waals surface area contributed by atoms with Crippen molar-refractivity contribution in [3.63, 3.8) is 0 Å². The van der Waals surface area contributed by atoms with Crippen molar-refractivity contribution in [3.05, 3.63) is 12.2 Å². The Bertz CT molecular complexity index is 1010. The largest absolute Gasteiger partial charge is 0.472 e. The summed E-state index contributed by atoms with van der Waals surface area (Å²) < 4.78 is 33.7. The molecule has 2 atom stereocenters. The number of esters is 1.